The van der Waals surface area contributed by atoms with Gasteiger partial charge in [0.25, 0.3) is 0 Å². The first kappa shape index (κ1) is 12.8. The molecule has 7 heteroatoms. The minimum Gasteiger partial charge on any atom is -0.464 e. The molecule has 18 heavy (non-hydrogen) atoms. The molecular weight excluding hydrogens is 298 g/mol. The van der Waals surface area contributed by atoms with Gasteiger partial charge in [-0.25, -0.2) is 15.8 Å². The first-order valence-corrected chi connectivity index (χ1v) is 6.14. The van der Waals surface area contributed by atoms with E-state index in [-0.39, 0.29) is 0 Å². The predicted octanol–water partition coefficient (Wildman–Crippen LogP) is 2.06. The average molecular weight is 312 g/mol. The molecule has 0 atom stereocenters. The maximum atomic E-state index is 5.53. The number of nitrogens with zero attached hydrogens (tertiary/aromatic N) is 3. The third-order valence-corrected chi connectivity index (χ3v) is 3.19. The van der Waals surface area contributed by atoms with Gasteiger partial charge in [-0.15, -0.1) is 0 Å². The van der Waals surface area contributed by atoms with Crippen LogP contribution in [-0.4, -0.2) is 17.0 Å². The lowest BCUT2D eigenvalue weighted by Crippen LogP contribution is -2.19. The van der Waals surface area contributed by atoms with Crippen molar-refractivity contribution in [3.8, 4) is 0 Å². The lowest BCUT2D eigenvalue weighted by molar-refractivity contribution is 0.481. The first-order chi connectivity index (χ1) is 8.61. The maximum absolute atomic E-state index is 5.53. The van der Waals surface area contributed by atoms with Gasteiger partial charge in [-0.3, -0.25) is 0 Å². The summed E-state index contributed by atoms with van der Waals surface area (Å²) in [6, 6.07) is 3.88. The molecule has 0 saturated heterocycles. The Balaban J connectivity index is 2.21. The molecular formula is C11H14BrN5O. The molecule has 0 fully saturated rings. The normalized spacial score (nSPS) is 10.4. The van der Waals surface area contributed by atoms with E-state index < -0.39 is 0 Å². The molecule has 0 aliphatic rings. The van der Waals surface area contributed by atoms with Gasteiger partial charge in [0.15, 0.2) is 5.82 Å². The molecule has 0 bridgehead atoms. The maximum Gasteiger partial charge on any atom is 0.159 e. The predicted molar refractivity (Wildman–Crippen MR) is 73.1 cm³/mol. The number of hydrogen-bond acceptors (Lipinski definition) is 6. The van der Waals surface area contributed by atoms with E-state index in [4.69, 9.17) is 10.3 Å². The lowest BCUT2D eigenvalue weighted by atomic mass is 10.4. The standard InChI is InChI=1S/C11H14BrN5O/c1-7-3-4-8(18-7)5-17(2)11-9(12)10(16-13)14-6-15-11/h3-4,6H,5,13H2,1-2H3,(H,14,15,16). The Morgan fingerprint density at radius 3 is 2.83 bits per heavy atom. The van der Waals surface area contributed by atoms with E-state index in [1.54, 1.807) is 0 Å². The summed E-state index contributed by atoms with van der Waals surface area (Å²) < 4.78 is 6.25. The zero-order chi connectivity index (χ0) is 13.1. The topological polar surface area (TPSA) is 80.2 Å². The van der Waals surface area contributed by atoms with Crippen molar-refractivity contribution < 1.29 is 4.42 Å². The van der Waals surface area contributed by atoms with Gasteiger partial charge in [0.1, 0.15) is 28.1 Å². The van der Waals surface area contributed by atoms with Crippen LogP contribution < -0.4 is 16.2 Å². The third-order valence-electron chi connectivity index (χ3n) is 2.46. The summed E-state index contributed by atoms with van der Waals surface area (Å²) in [5.41, 5.74) is 2.51. The molecule has 0 aromatic carbocycles. The molecule has 0 radical (unpaired) electrons. The van der Waals surface area contributed by atoms with Crippen molar-refractivity contribution in [1.29, 1.82) is 0 Å². The Kier molecular flexibility index (Phi) is 3.83. The third kappa shape index (κ3) is 2.62. The number of nitrogens with two attached hydrogens (primary N) is 1. The number of aromatic nitrogens is 2. The van der Waals surface area contributed by atoms with Crippen molar-refractivity contribution >= 4 is 27.6 Å². The number of aryl methyl sites for hydroxylation is 1. The Labute approximate surface area is 113 Å². The van der Waals surface area contributed by atoms with Gasteiger partial charge in [0.2, 0.25) is 0 Å². The average Bonchev–Trinajstić information content (AvgIpc) is 2.75. The first-order valence-electron chi connectivity index (χ1n) is 5.35. The molecule has 2 aromatic rings. The minimum absolute atomic E-state index is 0.544. The van der Waals surface area contributed by atoms with Gasteiger partial charge in [-0.1, -0.05) is 0 Å². The molecule has 2 heterocycles. The fraction of sp³-hybridized carbons (Fsp3) is 0.273. The van der Waals surface area contributed by atoms with E-state index in [1.165, 1.54) is 6.33 Å². The summed E-state index contributed by atoms with van der Waals surface area (Å²) in [6.45, 7) is 2.54. The number of nitrogens with one attached hydrogen (secondary N) is 1. The van der Waals surface area contributed by atoms with Crippen molar-refractivity contribution in [1.82, 2.24) is 9.97 Å². The number of anilines is 2. The van der Waals surface area contributed by atoms with E-state index in [2.05, 4.69) is 31.3 Å². The highest BCUT2D eigenvalue weighted by Crippen LogP contribution is 2.29. The van der Waals surface area contributed by atoms with E-state index >= 15 is 0 Å². The molecule has 2 aromatic heterocycles. The largest absolute Gasteiger partial charge is 0.464 e. The monoisotopic (exact) mass is 311 g/mol. The number of hydrogen-bond donors (Lipinski definition) is 2. The second-order valence-electron chi connectivity index (χ2n) is 3.87. The van der Waals surface area contributed by atoms with Crippen LogP contribution in [0.5, 0.6) is 0 Å². The van der Waals surface area contributed by atoms with Gasteiger partial charge < -0.3 is 14.7 Å². The fourth-order valence-electron chi connectivity index (χ4n) is 1.61. The SMILES string of the molecule is Cc1ccc(CN(C)c2ncnc(NN)c2Br)o1. The molecule has 2 rings (SSSR count). The van der Waals surface area contributed by atoms with Crippen molar-refractivity contribution in [2.24, 2.45) is 5.84 Å². The molecule has 0 aliphatic heterocycles. The number of nitrogen functional groups attached to an aromatic ring is 1. The van der Waals surface area contributed by atoms with Crippen molar-refractivity contribution in [2.75, 3.05) is 17.4 Å². The minimum atomic E-state index is 0.544. The van der Waals surface area contributed by atoms with Crippen molar-refractivity contribution in [2.45, 2.75) is 13.5 Å². The number of rotatable bonds is 4. The number of hydrazine groups is 1. The van der Waals surface area contributed by atoms with Gasteiger partial charge in [-0.2, -0.15) is 0 Å². The Morgan fingerprint density at radius 1 is 1.44 bits per heavy atom. The van der Waals surface area contributed by atoms with Crippen LogP contribution in [-0.2, 0) is 6.54 Å². The van der Waals surface area contributed by atoms with Gasteiger partial charge >= 0.3 is 0 Å². The van der Waals surface area contributed by atoms with Crippen LogP contribution in [0.4, 0.5) is 11.6 Å². The summed E-state index contributed by atoms with van der Waals surface area (Å²) in [5.74, 6) is 8.43. The molecule has 3 N–H and O–H groups in total. The van der Waals surface area contributed by atoms with E-state index in [0.717, 1.165) is 21.8 Å². The lowest BCUT2D eigenvalue weighted by Gasteiger charge is -2.18. The molecule has 0 amide bonds. The summed E-state index contributed by atoms with van der Waals surface area (Å²) in [4.78, 5) is 10.2. The van der Waals surface area contributed by atoms with Crippen LogP contribution in [0.25, 0.3) is 0 Å². The van der Waals surface area contributed by atoms with Crippen molar-refractivity contribution in [3.05, 3.63) is 34.5 Å². The summed E-state index contributed by atoms with van der Waals surface area (Å²) in [7, 11) is 1.92. The van der Waals surface area contributed by atoms with Gasteiger partial charge in [0, 0.05) is 7.05 Å². The Morgan fingerprint density at radius 2 is 2.22 bits per heavy atom. The molecule has 0 aliphatic carbocycles. The Hall–Kier alpha value is -1.60. The summed E-state index contributed by atoms with van der Waals surface area (Å²) >= 11 is 3.42. The highest BCUT2D eigenvalue weighted by molar-refractivity contribution is 9.10. The Bertz CT molecular complexity index is 542. The van der Waals surface area contributed by atoms with Crippen LogP contribution in [0.3, 0.4) is 0 Å². The second kappa shape index (κ2) is 5.36. The van der Waals surface area contributed by atoms with Gasteiger partial charge in [-0.05, 0) is 35.0 Å². The van der Waals surface area contributed by atoms with Crippen LogP contribution in [0.15, 0.2) is 27.3 Å². The smallest absolute Gasteiger partial charge is 0.159 e. The van der Waals surface area contributed by atoms with Crippen molar-refractivity contribution in [3.63, 3.8) is 0 Å². The number of halogens is 1. The second-order valence-corrected chi connectivity index (χ2v) is 4.67. The van der Waals surface area contributed by atoms with E-state index in [9.17, 15) is 0 Å². The molecule has 0 saturated carbocycles. The van der Waals surface area contributed by atoms with E-state index in [1.807, 2.05) is 31.0 Å². The van der Waals surface area contributed by atoms with Crippen LogP contribution in [0.1, 0.15) is 11.5 Å². The fourth-order valence-corrected chi connectivity index (χ4v) is 2.23. The summed E-state index contributed by atoms with van der Waals surface area (Å²) in [6.07, 6.45) is 1.46. The van der Waals surface area contributed by atoms with Crippen LogP contribution in [0, 0.1) is 6.92 Å². The highest BCUT2D eigenvalue weighted by atomic mass is 79.9. The molecule has 0 spiro atoms. The quantitative estimate of drug-likeness (QED) is 0.664. The van der Waals surface area contributed by atoms with E-state index in [0.29, 0.717) is 12.4 Å². The molecule has 96 valence electrons. The number of furan rings is 1. The van der Waals surface area contributed by atoms with Crippen LogP contribution in [0.2, 0.25) is 0 Å². The van der Waals surface area contributed by atoms with Gasteiger partial charge in [0.05, 0.1) is 6.54 Å². The zero-order valence-corrected chi connectivity index (χ0v) is 11.7. The summed E-state index contributed by atoms with van der Waals surface area (Å²) in [5, 5.41) is 0. The molecule has 0 unspecified atom stereocenters. The molecule has 6 nitrogen and oxygen atoms in total. The highest BCUT2D eigenvalue weighted by Gasteiger charge is 2.13. The van der Waals surface area contributed by atoms with Crippen LogP contribution >= 0.6 is 15.9 Å². The zero-order valence-electron chi connectivity index (χ0n) is 10.1.